The minimum atomic E-state index is -0.189. The van der Waals surface area contributed by atoms with Crippen LogP contribution in [0.5, 0.6) is 5.75 Å². The number of benzene rings is 1. The number of ether oxygens (including phenoxy) is 11. The fourth-order valence-electron chi connectivity index (χ4n) is 3.17. The number of nitrogens with two attached hydrogens (primary N) is 1. The zero-order valence-electron chi connectivity index (χ0n) is 25.8. The first-order valence-corrected chi connectivity index (χ1v) is 15.1. The summed E-state index contributed by atoms with van der Waals surface area (Å²) in [6.07, 6.45) is 1.23. The van der Waals surface area contributed by atoms with Crippen LogP contribution in [-0.2, 0) is 52.2 Å². The molecule has 1 aromatic rings. The van der Waals surface area contributed by atoms with Crippen molar-refractivity contribution in [1.29, 1.82) is 0 Å². The van der Waals surface area contributed by atoms with Gasteiger partial charge < -0.3 is 57.8 Å². The molecule has 0 aliphatic heterocycles. The summed E-state index contributed by atoms with van der Waals surface area (Å²) in [5.74, 6) is 0.477. The topological polar surface area (TPSA) is 145 Å². The first kappa shape index (κ1) is 39.0. The monoisotopic (exact) mass is 619 g/mol. The van der Waals surface area contributed by atoms with E-state index < -0.39 is 0 Å². The van der Waals surface area contributed by atoms with Crippen LogP contribution in [0.4, 0.5) is 5.69 Å². The molecule has 0 heterocycles. The summed E-state index contributed by atoms with van der Waals surface area (Å²) in [7, 11) is 0. The first-order valence-electron chi connectivity index (χ1n) is 15.1. The molecule has 43 heavy (non-hydrogen) atoms. The summed E-state index contributed by atoms with van der Waals surface area (Å²) in [4.78, 5) is 11.2. The molecule has 0 unspecified atom stereocenters. The Kier molecular flexibility index (Phi) is 28.4. The Bertz CT molecular complexity index is 743. The predicted octanol–water partition coefficient (Wildman–Crippen LogP) is 2.14. The van der Waals surface area contributed by atoms with Gasteiger partial charge in [0.2, 0.25) is 0 Å². The molecule has 0 bridgehead atoms. The number of carbonyl (C=O) groups is 1. The second-order valence-electron chi connectivity index (χ2n) is 8.87. The normalized spacial score (nSPS) is 11.2. The number of hydrogen-bond acceptors (Lipinski definition) is 13. The van der Waals surface area contributed by atoms with Crippen molar-refractivity contribution < 1.29 is 56.9 Å². The van der Waals surface area contributed by atoms with Crippen LogP contribution >= 0.6 is 0 Å². The van der Waals surface area contributed by atoms with E-state index in [1.807, 2.05) is 25.1 Å². The van der Waals surface area contributed by atoms with Crippen molar-refractivity contribution in [1.82, 2.24) is 0 Å². The number of hydrogen-bond donors (Lipinski definition) is 1. The molecule has 0 fully saturated rings. The third-order valence-corrected chi connectivity index (χ3v) is 5.33. The van der Waals surface area contributed by atoms with Crippen LogP contribution in [0, 0.1) is 0 Å². The lowest BCUT2D eigenvalue weighted by Gasteiger charge is -2.09. The van der Waals surface area contributed by atoms with E-state index in [4.69, 9.17) is 57.8 Å². The number of anilines is 1. The maximum atomic E-state index is 11.2. The minimum absolute atomic E-state index is 0.189. The number of esters is 1. The van der Waals surface area contributed by atoms with E-state index in [0.29, 0.717) is 143 Å². The lowest BCUT2D eigenvalue weighted by molar-refractivity contribution is -0.145. The highest BCUT2D eigenvalue weighted by Gasteiger charge is 2.00. The molecule has 0 atom stereocenters. The van der Waals surface area contributed by atoms with Crippen molar-refractivity contribution in [2.45, 2.75) is 19.8 Å². The maximum absolute atomic E-state index is 11.2. The summed E-state index contributed by atoms with van der Waals surface area (Å²) in [6, 6.07) is 7.37. The minimum Gasteiger partial charge on any atom is -0.489 e. The van der Waals surface area contributed by atoms with Gasteiger partial charge in [-0.1, -0.05) is 19.1 Å². The van der Waals surface area contributed by atoms with Crippen LogP contribution in [0.2, 0.25) is 0 Å². The Morgan fingerprint density at radius 1 is 0.512 bits per heavy atom. The number of nitrogen functional groups attached to an aromatic ring is 1. The molecule has 2 N–H and O–H groups in total. The maximum Gasteiger partial charge on any atom is 0.305 e. The Labute approximate surface area is 256 Å². The van der Waals surface area contributed by atoms with Crippen LogP contribution in [0.25, 0.3) is 0 Å². The van der Waals surface area contributed by atoms with E-state index in [1.165, 1.54) is 0 Å². The van der Waals surface area contributed by atoms with E-state index in [-0.39, 0.29) is 12.6 Å². The molecule has 0 saturated heterocycles. The van der Waals surface area contributed by atoms with Gasteiger partial charge in [0.25, 0.3) is 0 Å². The average molecular weight is 620 g/mol. The van der Waals surface area contributed by atoms with Crippen molar-refractivity contribution in [3.8, 4) is 5.75 Å². The van der Waals surface area contributed by atoms with Crippen molar-refractivity contribution >= 4 is 11.7 Å². The van der Waals surface area contributed by atoms with Crippen LogP contribution in [0.3, 0.4) is 0 Å². The fraction of sp³-hybridized carbons (Fsp3) is 0.767. The quantitative estimate of drug-likeness (QED) is 0.0697. The molecule has 250 valence electrons. The molecule has 1 aromatic carbocycles. The number of carbonyl (C=O) groups excluding carboxylic acids is 1. The Morgan fingerprint density at radius 2 is 0.837 bits per heavy atom. The molecular weight excluding hydrogens is 566 g/mol. The van der Waals surface area contributed by atoms with Crippen LogP contribution in [-0.4, -0.2) is 138 Å². The third kappa shape index (κ3) is 27.2. The number of para-hydroxylation sites is 2. The Morgan fingerprint density at radius 3 is 1.19 bits per heavy atom. The third-order valence-electron chi connectivity index (χ3n) is 5.33. The van der Waals surface area contributed by atoms with Gasteiger partial charge in [-0.3, -0.25) is 4.79 Å². The molecule has 13 heteroatoms. The van der Waals surface area contributed by atoms with Gasteiger partial charge in [-0.15, -0.1) is 0 Å². The average Bonchev–Trinajstić information content (AvgIpc) is 3.01. The molecule has 13 nitrogen and oxygen atoms in total. The highest BCUT2D eigenvalue weighted by molar-refractivity contribution is 5.69. The van der Waals surface area contributed by atoms with E-state index in [2.05, 4.69) is 0 Å². The van der Waals surface area contributed by atoms with Crippen molar-refractivity contribution in [2.24, 2.45) is 0 Å². The van der Waals surface area contributed by atoms with Gasteiger partial charge in [-0.25, -0.2) is 0 Å². The zero-order chi connectivity index (χ0) is 30.9. The van der Waals surface area contributed by atoms with Gasteiger partial charge in [0.15, 0.2) is 0 Å². The van der Waals surface area contributed by atoms with Crippen LogP contribution in [0.15, 0.2) is 24.3 Å². The van der Waals surface area contributed by atoms with Gasteiger partial charge in [0, 0.05) is 6.42 Å². The van der Waals surface area contributed by atoms with Gasteiger partial charge >= 0.3 is 5.97 Å². The van der Waals surface area contributed by atoms with Gasteiger partial charge in [0.05, 0.1) is 125 Å². The summed E-state index contributed by atoms with van der Waals surface area (Å²) in [5.41, 5.74) is 6.43. The molecule has 0 radical (unpaired) electrons. The molecule has 0 saturated carbocycles. The lowest BCUT2D eigenvalue weighted by Crippen LogP contribution is -2.15. The van der Waals surface area contributed by atoms with Gasteiger partial charge in [-0.05, 0) is 18.6 Å². The SMILES string of the molecule is CCCC(=O)OCCOCCOCCOCCOCCOCCOCCOCCOCCOCCOc1ccccc1N. The summed E-state index contributed by atoms with van der Waals surface area (Å²) >= 11 is 0. The van der Waals surface area contributed by atoms with Gasteiger partial charge in [-0.2, -0.15) is 0 Å². The molecule has 0 aliphatic carbocycles. The van der Waals surface area contributed by atoms with Crippen molar-refractivity contribution in [3.63, 3.8) is 0 Å². The summed E-state index contributed by atoms with van der Waals surface area (Å²) in [5, 5.41) is 0. The van der Waals surface area contributed by atoms with Crippen LogP contribution in [0.1, 0.15) is 19.8 Å². The summed E-state index contributed by atoms with van der Waals surface area (Å²) in [6.45, 7) is 11.3. The highest BCUT2D eigenvalue weighted by Crippen LogP contribution is 2.19. The standard InChI is InChI=1S/C30H53NO12/c1-2-5-30(32)43-27-25-41-23-21-39-19-17-37-15-13-35-11-9-33-8-10-34-12-14-36-16-18-38-20-22-40-24-26-42-29-7-4-3-6-28(29)31/h3-4,6-7H,2,5,8-27,31H2,1H3. The van der Waals surface area contributed by atoms with E-state index in [0.717, 1.165) is 6.42 Å². The van der Waals surface area contributed by atoms with E-state index >= 15 is 0 Å². The Balaban J connectivity index is 1.64. The molecule has 1 rings (SSSR count). The largest absolute Gasteiger partial charge is 0.489 e. The molecule has 0 amide bonds. The van der Waals surface area contributed by atoms with Crippen molar-refractivity contribution in [2.75, 3.05) is 138 Å². The lowest BCUT2D eigenvalue weighted by atomic mass is 10.3. The number of rotatable bonds is 33. The van der Waals surface area contributed by atoms with E-state index in [1.54, 1.807) is 6.07 Å². The van der Waals surface area contributed by atoms with E-state index in [9.17, 15) is 4.79 Å². The fourth-order valence-corrected chi connectivity index (χ4v) is 3.17. The molecular formula is C30H53NO12. The molecule has 0 aliphatic rings. The first-order chi connectivity index (χ1) is 21.2. The van der Waals surface area contributed by atoms with Crippen LogP contribution < -0.4 is 10.5 Å². The molecule has 0 aromatic heterocycles. The van der Waals surface area contributed by atoms with Gasteiger partial charge in [0.1, 0.15) is 19.0 Å². The van der Waals surface area contributed by atoms with Crippen molar-refractivity contribution in [3.05, 3.63) is 24.3 Å². The second-order valence-corrected chi connectivity index (χ2v) is 8.87. The molecule has 0 spiro atoms. The zero-order valence-corrected chi connectivity index (χ0v) is 25.8. The highest BCUT2D eigenvalue weighted by atomic mass is 16.6. The Hall–Kier alpha value is -2.07. The predicted molar refractivity (Wildman–Crippen MR) is 160 cm³/mol. The second kappa shape index (κ2) is 31.4. The smallest absolute Gasteiger partial charge is 0.305 e. The summed E-state index contributed by atoms with van der Waals surface area (Å²) < 4.78 is 59.5.